The minimum absolute atomic E-state index is 0.132. The summed E-state index contributed by atoms with van der Waals surface area (Å²) in [5.41, 5.74) is 1.59. The molecule has 114 valence electrons. The molecule has 0 spiro atoms. The quantitative estimate of drug-likeness (QED) is 0.935. The average Bonchev–Trinajstić information content (AvgIpc) is 2.70. The molecule has 0 aromatic heterocycles. The molecule has 22 heavy (non-hydrogen) atoms. The van der Waals surface area contributed by atoms with Gasteiger partial charge in [-0.15, -0.1) is 11.8 Å². The zero-order chi connectivity index (χ0) is 15.4. The first kappa shape index (κ1) is 14.9. The van der Waals surface area contributed by atoms with Crippen LogP contribution >= 0.6 is 11.8 Å². The number of fused-ring (bicyclic) bond motifs is 1. The number of anilines is 2. The Bertz CT molecular complexity index is 677. The molecule has 3 nitrogen and oxygen atoms in total. The van der Waals surface area contributed by atoms with Gasteiger partial charge in [0.1, 0.15) is 5.82 Å². The molecule has 0 saturated heterocycles. The molecule has 2 aromatic carbocycles. The van der Waals surface area contributed by atoms with Gasteiger partial charge in [-0.3, -0.25) is 4.79 Å². The Morgan fingerprint density at radius 2 is 2.09 bits per heavy atom. The number of para-hydroxylation sites is 1. The number of carbonyl (C=O) groups is 1. The van der Waals surface area contributed by atoms with E-state index in [1.54, 1.807) is 12.1 Å². The highest BCUT2D eigenvalue weighted by molar-refractivity contribution is 7.99. The Kier molecular flexibility index (Phi) is 4.63. The van der Waals surface area contributed by atoms with Crippen molar-refractivity contribution < 1.29 is 9.18 Å². The average molecular weight is 316 g/mol. The summed E-state index contributed by atoms with van der Waals surface area (Å²) in [6.07, 6.45) is 1.03. The molecule has 1 aliphatic heterocycles. The number of amides is 1. The highest BCUT2D eigenvalue weighted by Crippen LogP contribution is 2.33. The smallest absolute Gasteiger partial charge is 0.243 e. The van der Waals surface area contributed by atoms with Gasteiger partial charge in [0.05, 0.1) is 12.2 Å². The summed E-state index contributed by atoms with van der Waals surface area (Å²) in [5, 5.41) is 2.75. The van der Waals surface area contributed by atoms with Crippen LogP contribution in [0.15, 0.2) is 53.4 Å². The van der Waals surface area contributed by atoms with E-state index in [9.17, 15) is 9.18 Å². The van der Waals surface area contributed by atoms with Gasteiger partial charge in [-0.25, -0.2) is 4.39 Å². The summed E-state index contributed by atoms with van der Waals surface area (Å²) >= 11 is 1.82. The van der Waals surface area contributed by atoms with E-state index in [1.807, 2.05) is 30.0 Å². The third-order valence-electron chi connectivity index (χ3n) is 3.48. The van der Waals surface area contributed by atoms with Gasteiger partial charge >= 0.3 is 0 Å². The number of halogens is 1. The van der Waals surface area contributed by atoms with Crippen molar-refractivity contribution in [1.82, 2.24) is 0 Å². The molecule has 1 aliphatic rings. The summed E-state index contributed by atoms with van der Waals surface area (Å²) in [6, 6.07) is 14.1. The Hall–Kier alpha value is -2.01. The van der Waals surface area contributed by atoms with Gasteiger partial charge in [0.25, 0.3) is 0 Å². The van der Waals surface area contributed by atoms with E-state index in [-0.39, 0.29) is 18.3 Å². The lowest BCUT2D eigenvalue weighted by molar-refractivity contribution is -0.115. The maximum absolute atomic E-state index is 13.2. The maximum Gasteiger partial charge on any atom is 0.243 e. The minimum Gasteiger partial charge on any atom is -0.361 e. The van der Waals surface area contributed by atoms with Crippen LogP contribution in [0.1, 0.15) is 6.42 Å². The fraction of sp³-hybridized carbons (Fsp3) is 0.235. The third-order valence-corrected chi connectivity index (χ3v) is 4.63. The minimum atomic E-state index is -0.352. The Balaban J connectivity index is 1.71. The van der Waals surface area contributed by atoms with Crippen LogP contribution in [-0.4, -0.2) is 24.7 Å². The summed E-state index contributed by atoms with van der Waals surface area (Å²) < 4.78 is 13.2. The number of hydrogen-bond acceptors (Lipinski definition) is 3. The normalized spacial score (nSPS) is 14.1. The topological polar surface area (TPSA) is 32.3 Å². The fourth-order valence-electron chi connectivity index (χ4n) is 2.50. The second kappa shape index (κ2) is 6.83. The van der Waals surface area contributed by atoms with Gasteiger partial charge in [0, 0.05) is 17.1 Å². The maximum atomic E-state index is 13.2. The first-order chi connectivity index (χ1) is 10.7. The molecule has 0 fully saturated rings. The van der Waals surface area contributed by atoms with Crippen molar-refractivity contribution in [2.75, 3.05) is 29.1 Å². The monoisotopic (exact) mass is 316 g/mol. The van der Waals surface area contributed by atoms with E-state index in [0.717, 1.165) is 24.4 Å². The van der Waals surface area contributed by atoms with Crippen LogP contribution in [0.25, 0.3) is 0 Å². The Morgan fingerprint density at radius 3 is 2.95 bits per heavy atom. The second-order valence-corrected chi connectivity index (χ2v) is 6.29. The van der Waals surface area contributed by atoms with Crippen molar-refractivity contribution in [3.05, 3.63) is 54.3 Å². The number of thioether (sulfide) groups is 1. The first-order valence-electron chi connectivity index (χ1n) is 7.24. The number of benzene rings is 2. The van der Waals surface area contributed by atoms with Gasteiger partial charge < -0.3 is 10.2 Å². The molecule has 0 atom stereocenters. The van der Waals surface area contributed by atoms with Gasteiger partial charge in [0.15, 0.2) is 0 Å². The van der Waals surface area contributed by atoms with Gasteiger partial charge in [0.2, 0.25) is 5.91 Å². The molecule has 0 bridgehead atoms. The van der Waals surface area contributed by atoms with Gasteiger partial charge in [-0.2, -0.15) is 0 Å². The van der Waals surface area contributed by atoms with Crippen LogP contribution in [0.5, 0.6) is 0 Å². The molecule has 0 aliphatic carbocycles. The highest BCUT2D eigenvalue weighted by Gasteiger charge is 2.17. The first-order valence-corrected chi connectivity index (χ1v) is 8.23. The van der Waals surface area contributed by atoms with E-state index < -0.39 is 0 Å². The SMILES string of the molecule is O=C(CN1CCCSc2ccccc21)Nc1cccc(F)c1. The van der Waals surface area contributed by atoms with E-state index >= 15 is 0 Å². The zero-order valence-electron chi connectivity index (χ0n) is 12.1. The molecular weight excluding hydrogens is 299 g/mol. The molecule has 1 amide bonds. The fourth-order valence-corrected chi connectivity index (χ4v) is 3.52. The number of rotatable bonds is 3. The lowest BCUT2D eigenvalue weighted by Crippen LogP contribution is -2.34. The summed E-state index contributed by atoms with van der Waals surface area (Å²) in [5.74, 6) is 0.570. The zero-order valence-corrected chi connectivity index (χ0v) is 12.9. The van der Waals surface area contributed by atoms with Crippen molar-refractivity contribution in [2.45, 2.75) is 11.3 Å². The molecule has 1 N–H and O–H groups in total. The molecule has 3 rings (SSSR count). The summed E-state index contributed by atoms with van der Waals surface area (Å²) in [7, 11) is 0. The van der Waals surface area contributed by atoms with Crippen molar-refractivity contribution >= 4 is 29.0 Å². The molecule has 0 saturated carbocycles. The molecule has 0 unspecified atom stereocenters. The molecule has 1 heterocycles. The predicted molar refractivity (Wildman–Crippen MR) is 89.0 cm³/mol. The van der Waals surface area contributed by atoms with Crippen LogP contribution in [0.2, 0.25) is 0 Å². The third kappa shape index (κ3) is 3.60. The molecule has 0 radical (unpaired) electrons. The number of carbonyl (C=O) groups excluding carboxylic acids is 1. The molecular formula is C17H17FN2OS. The Morgan fingerprint density at radius 1 is 1.23 bits per heavy atom. The number of hydrogen-bond donors (Lipinski definition) is 1. The van der Waals surface area contributed by atoms with E-state index in [1.165, 1.54) is 17.0 Å². The van der Waals surface area contributed by atoms with E-state index in [4.69, 9.17) is 0 Å². The van der Waals surface area contributed by atoms with Crippen LogP contribution in [-0.2, 0) is 4.79 Å². The highest BCUT2D eigenvalue weighted by atomic mass is 32.2. The van der Waals surface area contributed by atoms with Crippen LogP contribution in [0.3, 0.4) is 0 Å². The predicted octanol–water partition coefficient (Wildman–Crippen LogP) is 3.77. The number of nitrogens with one attached hydrogen (secondary N) is 1. The van der Waals surface area contributed by atoms with Crippen molar-refractivity contribution in [3.63, 3.8) is 0 Å². The molecule has 2 aromatic rings. The lowest BCUT2D eigenvalue weighted by Gasteiger charge is -2.23. The number of nitrogens with zero attached hydrogens (tertiary/aromatic N) is 1. The van der Waals surface area contributed by atoms with Gasteiger partial charge in [-0.1, -0.05) is 18.2 Å². The van der Waals surface area contributed by atoms with Crippen molar-refractivity contribution in [2.24, 2.45) is 0 Å². The Labute approximate surface area is 133 Å². The standard InChI is InChI=1S/C17H17FN2OS/c18-13-5-3-6-14(11-13)19-17(21)12-20-9-4-10-22-16-8-2-1-7-15(16)20/h1-3,5-8,11H,4,9-10,12H2,(H,19,21). The van der Waals surface area contributed by atoms with E-state index in [2.05, 4.69) is 16.3 Å². The second-order valence-electron chi connectivity index (χ2n) is 5.15. The van der Waals surface area contributed by atoms with Crippen molar-refractivity contribution in [3.8, 4) is 0 Å². The van der Waals surface area contributed by atoms with Gasteiger partial charge in [-0.05, 0) is 42.5 Å². The largest absolute Gasteiger partial charge is 0.361 e. The summed E-state index contributed by atoms with van der Waals surface area (Å²) in [4.78, 5) is 15.5. The van der Waals surface area contributed by atoms with Crippen molar-refractivity contribution in [1.29, 1.82) is 0 Å². The summed E-state index contributed by atoms with van der Waals surface area (Å²) in [6.45, 7) is 1.12. The lowest BCUT2D eigenvalue weighted by atomic mass is 10.2. The van der Waals surface area contributed by atoms with E-state index in [0.29, 0.717) is 5.69 Å². The van der Waals surface area contributed by atoms with Crippen LogP contribution < -0.4 is 10.2 Å². The molecule has 5 heteroatoms. The van der Waals surface area contributed by atoms with Crippen LogP contribution in [0, 0.1) is 5.82 Å². The van der Waals surface area contributed by atoms with Crippen LogP contribution in [0.4, 0.5) is 15.8 Å².